The van der Waals surface area contributed by atoms with Crippen molar-refractivity contribution in [2.24, 2.45) is 0 Å². The van der Waals surface area contributed by atoms with Gasteiger partial charge in [0, 0.05) is 5.56 Å². The van der Waals surface area contributed by atoms with Gasteiger partial charge in [0.15, 0.2) is 0 Å². The summed E-state index contributed by atoms with van der Waals surface area (Å²) in [5, 5.41) is 0. The van der Waals surface area contributed by atoms with Crippen molar-refractivity contribution in [1.82, 2.24) is 9.97 Å². The normalized spacial score (nSPS) is 10.9. The molecule has 1 heterocycles. The van der Waals surface area contributed by atoms with Crippen LogP contribution in [0.1, 0.15) is 28.3 Å². The molecule has 0 amide bonds. The van der Waals surface area contributed by atoms with Crippen molar-refractivity contribution in [3.63, 3.8) is 0 Å². The lowest BCUT2D eigenvalue weighted by atomic mass is 10.1. The summed E-state index contributed by atoms with van der Waals surface area (Å²) in [5.74, 6) is 0.855. The Morgan fingerprint density at radius 1 is 0.895 bits per heavy atom. The highest BCUT2D eigenvalue weighted by molar-refractivity contribution is 5.71. The third-order valence-electron chi connectivity index (χ3n) is 3.08. The highest BCUT2D eigenvalue weighted by Crippen LogP contribution is 2.20. The number of methoxy groups -OCH3 is 1. The number of hydrogen-bond donors (Lipinski definition) is 0. The van der Waals surface area contributed by atoms with Gasteiger partial charge in [-0.15, -0.1) is 0 Å². The van der Waals surface area contributed by atoms with Crippen molar-refractivity contribution < 1.29 is 4.74 Å². The van der Waals surface area contributed by atoms with Crippen LogP contribution in [0.4, 0.5) is 0 Å². The Morgan fingerprint density at radius 3 is 2.32 bits per heavy atom. The van der Waals surface area contributed by atoms with Gasteiger partial charge in [-0.1, -0.05) is 18.2 Å². The Labute approximate surface area is 114 Å². The van der Waals surface area contributed by atoms with Gasteiger partial charge in [0.1, 0.15) is 5.75 Å². The molecule has 3 heteroatoms. The minimum atomic E-state index is 0.855. The predicted octanol–water partition coefficient (Wildman–Crippen LogP) is 3.58. The number of hydrogen-bond acceptors (Lipinski definition) is 3. The van der Waals surface area contributed by atoms with Gasteiger partial charge in [0.25, 0.3) is 0 Å². The first-order valence-electron chi connectivity index (χ1n) is 6.24. The predicted molar refractivity (Wildman–Crippen MR) is 78.2 cm³/mol. The summed E-state index contributed by atoms with van der Waals surface area (Å²) in [4.78, 5) is 9.04. The zero-order valence-electron chi connectivity index (χ0n) is 11.8. The van der Waals surface area contributed by atoms with Crippen molar-refractivity contribution in [3.05, 3.63) is 52.6 Å². The molecule has 0 saturated carbocycles. The third-order valence-corrected chi connectivity index (χ3v) is 3.08. The van der Waals surface area contributed by atoms with E-state index in [2.05, 4.69) is 9.97 Å². The summed E-state index contributed by atoms with van der Waals surface area (Å²) in [6.07, 6.45) is 3.98. The highest BCUT2D eigenvalue weighted by Gasteiger charge is 2.03. The second-order valence-corrected chi connectivity index (χ2v) is 4.44. The highest BCUT2D eigenvalue weighted by atomic mass is 16.5. The van der Waals surface area contributed by atoms with E-state index in [1.165, 1.54) is 0 Å². The fraction of sp³-hybridized carbons (Fsp3) is 0.250. The largest absolute Gasteiger partial charge is 0.496 e. The Bertz CT molecular complexity index is 618. The molecule has 0 saturated heterocycles. The van der Waals surface area contributed by atoms with E-state index in [4.69, 9.17) is 4.74 Å². The summed E-state index contributed by atoms with van der Waals surface area (Å²) < 4.78 is 5.32. The SMILES string of the molecule is COc1ccccc1C=Cc1nc(C)c(C)nc1C. The van der Waals surface area contributed by atoms with Gasteiger partial charge in [-0.3, -0.25) is 4.98 Å². The third kappa shape index (κ3) is 2.99. The fourth-order valence-electron chi connectivity index (χ4n) is 1.86. The molecule has 2 rings (SSSR count). The zero-order valence-corrected chi connectivity index (χ0v) is 11.8. The number of para-hydroxylation sites is 1. The molecule has 1 aromatic carbocycles. The van der Waals surface area contributed by atoms with Crippen LogP contribution in [-0.4, -0.2) is 17.1 Å². The number of rotatable bonds is 3. The van der Waals surface area contributed by atoms with Gasteiger partial charge in [0.2, 0.25) is 0 Å². The maximum absolute atomic E-state index is 5.32. The van der Waals surface area contributed by atoms with Crippen LogP contribution in [0.5, 0.6) is 5.75 Å². The summed E-state index contributed by atoms with van der Waals surface area (Å²) >= 11 is 0. The molecule has 0 spiro atoms. The van der Waals surface area contributed by atoms with Crippen molar-refractivity contribution in [3.8, 4) is 5.75 Å². The molecule has 0 unspecified atom stereocenters. The first-order valence-corrected chi connectivity index (χ1v) is 6.24. The topological polar surface area (TPSA) is 35.0 Å². The van der Waals surface area contributed by atoms with Crippen LogP contribution in [0.25, 0.3) is 12.2 Å². The van der Waals surface area contributed by atoms with Gasteiger partial charge in [-0.05, 0) is 39.0 Å². The minimum Gasteiger partial charge on any atom is -0.496 e. The Kier molecular flexibility index (Phi) is 3.95. The van der Waals surface area contributed by atoms with Gasteiger partial charge >= 0.3 is 0 Å². The summed E-state index contributed by atoms with van der Waals surface area (Å²) in [6, 6.07) is 7.90. The van der Waals surface area contributed by atoms with Crippen molar-refractivity contribution in [1.29, 1.82) is 0 Å². The molecular weight excluding hydrogens is 236 g/mol. The van der Waals surface area contributed by atoms with E-state index in [1.807, 2.05) is 57.2 Å². The van der Waals surface area contributed by atoms with Crippen LogP contribution in [0.2, 0.25) is 0 Å². The monoisotopic (exact) mass is 254 g/mol. The lowest BCUT2D eigenvalue weighted by Gasteiger charge is -2.05. The molecule has 19 heavy (non-hydrogen) atoms. The van der Waals surface area contributed by atoms with E-state index < -0.39 is 0 Å². The Balaban J connectivity index is 2.35. The maximum atomic E-state index is 5.32. The van der Waals surface area contributed by atoms with Crippen molar-refractivity contribution in [2.45, 2.75) is 20.8 Å². The van der Waals surface area contributed by atoms with E-state index in [-0.39, 0.29) is 0 Å². The first kappa shape index (κ1) is 13.3. The first-order chi connectivity index (χ1) is 9.11. The summed E-state index contributed by atoms with van der Waals surface area (Å²) in [7, 11) is 1.67. The average Bonchev–Trinajstić information content (AvgIpc) is 2.41. The van der Waals surface area contributed by atoms with Gasteiger partial charge < -0.3 is 4.74 Å². The zero-order chi connectivity index (χ0) is 13.8. The second kappa shape index (κ2) is 5.65. The van der Waals surface area contributed by atoms with Crippen LogP contribution >= 0.6 is 0 Å². The van der Waals surface area contributed by atoms with Crippen LogP contribution in [0.15, 0.2) is 24.3 Å². The lowest BCUT2D eigenvalue weighted by molar-refractivity contribution is 0.414. The van der Waals surface area contributed by atoms with E-state index in [0.717, 1.165) is 34.1 Å². The number of ether oxygens (including phenoxy) is 1. The lowest BCUT2D eigenvalue weighted by Crippen LogP contribution is -1.98. The molecule has 1 aromatic heterocycles. The molecule has 0 fully saturated rings. The molecule has 0 aliphatic heterocycles. The Morgan fingerprint density at radius 2 is 1.58 bits per heavy atom. The molecule has 0 N–H and O–H groups in total. The second-order valence-electron chi connectivity index (χ2n) is 4.44. The fourth-order valence-corrected chi connectivity index (χ4v) is 1.86. The molecule has 0 aliphatic rings. The van der Waals surface area contributed by atoms with E-state index in [0.29, 0.717) is 0 Å². The number of benzene rings is 1. The van der Waals surface area contributed by atoms with Gasteiger partial charge in [-0.2, -0.15) is 0 Å². The van der Waals surface area contributed by atoms with Gasteiger partial charge in [0.05, 0.1) is 29.9 Å². The molecule has 0 radical (unpaired) electrons. The average molecular weight is 254 g/mol. The summed E-state index contributed by atoms with van der Waals surface area (Å²) in [5.41, 5.74) is 4.81. The number of aromatic nitrogens is 2. The minimum absolute atomic E-state index is 0.855. The maximum Gasteiger partial charge on any atom is 0.126 e. The molecule has 0 bridgehead atoms. The van der Waals surface area contributed by atoms with E-state index >= 15 is 0 Å². The van der Waals surface area contributed by atoms with Gasteiger partial charge in [-0.25, -0.2) is 4.98 Å². The molecule has 2 aromatic rings. The van der Waals surface area contributed by atoms with Crippen LogP contribution in [-0.2, 0) is 0 Å². The standard InChI is InChI=1S/C16H18N2O/c1-11-12(2)18-15(13(3)17-11)10-9-14-7-5-6-8-16(14)19-4/h5-10H,1-4H3. The van der Waals surface area contributed by atoms with Crippen LogP contribution in [0, 0.1) is 20.8 Å². The van der Waals surface area contributed by atoms with Crippen molar-refractivity contribution in [2.75, 3.05) is 7.11 Å². The summed E-state index contributed by atoms with van der Waals surface area (Å²) in [6.45, 7) is 5.92. The van der Waals surface area contributed by atoms with E-state index in [9.17, 15) is 0 Å². The quantitative estimate of drug-likeness (QED) is 0.839. The Hall–Kier alpha value is -2.16. The molecule has 0 aliphatic carbocycles. The number of nitrogens with zero attached hydrogens (tertiary/aromatic N) is 2. The van der Waals surface area contributed by atoms with Crippen molar-refractivity contribution >= 4 is 12.2 Å². The van der Waals surface area contributed by atoms with E-state index in [1.54, 1.807) is 7.11 Å². The number of aryl methyl sites for hydroxylation is 3. The van der Waals surface area contributed by atoms with Crippen LogP contribution < -0.4 is 4.74 Å². The molecular formula is C16H18N2O. The molecule has 0 atom stereocenters. The molecule has 98 valence electrons. The smallest absolute Gasteiger partial charge is 0.126 e. The van der Waals surface area contributed by atoms with Crippen LogP contribution in [0.3, 0.4) is 0 Å². The molecule has 3 nitrogen and oxygen atoms in total.